The molecule has 0 bridgehead atoms. The second-order valence-corrected chi connectivity index (χ2v) is 5.04. The molecule has 2 atom stereocenters. The average molecular weight is 241 g/mol. The van der Waals surface area contributed by atoms with E-state index in [-0.39, 0.29) is 11.9 Å². The van der Waals surface area contributed by atoms with Crippen LogP contribution in [0.5, 0.6) is 0 Å². The number of halogens is 1. The fraction of sp³-hybridized carbons (Fsp3) is 0.462. The van der Waals surface area contributed by atoms with Crippen molar-refractivity contribution in [2.75, 3.05) is 7.11 Å². The summed E-state index contributed by atoms with van der Waals surface area (Å²) in [6.07, 6.45) is 0.561. The first kappa shape index (κ1) is 13.0. The molecule has 0 fully saturated rings. The lowest BCUT2D eigenvalue weighted by Gasteiger charge is -2.23. The predicted octanol–water partition coefficient (Wildman–Crippen LogP) is 3.35. The summed E-state index contributed by atoms with van der Waals surface area (Å²) < 4.78 is 4.68. The minimum atomic E-state index is -0.954. The largest absolute Gasteiger partial charge is 0.468 e. The van der Waals surface area contributed by atoms with Crippen LogP contribution in [0.4, 0.5) is 0 Å². The highest BCUT2D eigenvalue weighted by atomic mass is 35.5. The summed E-state index contributed by atoms with van der Waals surface area (Å²) in [4.78, 5) is 10.5. The molecule has 2 nitrogen and oxygen atoms in total. The summed E-state index contributed by atoms with van der Waals surface area (Å²) >= 11 is 6.16. The van der Waals surface area contributed by atoms with Gasteiger partial charge in [0.25, 0.3) is 0 Å². The first-order valence-corrected chi connectivity index (χ1v) is 5.67. The Bertz CT molecular complexity index is 346. The zero-order chi connectivity index (χ0) is 12.2. The predicted molar refractivity (Wildman–Crippen MR) is 65.7 cm³/mol. The van der Waals surface area contributed by atoms with E-state index < -0.39 is 4.87 Å². The Morgan fingerprint density at radius 3 is 2.50 bits per heavy atom. The van der Waals surface area contributed by atoms with Gasteiger partial charge in [0, 0.05) is 0 Å². The van der Waals surface area contributed by atoms with Crippen LogP contribution in [-0.4, -0.2) is 18.0 Å². The van der Waals surface area contributed by atoms with Crippen molar-refractivity contribution in [2.24, 2.45) is 0 Å². The molecule has 16 heavy (non-hydrogen) atoms. The number of hydrogen-bond donors (Lipinski definition) is 0. The number of esters is 1. The number of ether oxygens (including phenoxy) is 1. The minimum Gasteiger partial charge on any atom is -0.468 e. The molecule has 1 rings (SSSR count). The van der Waals surface area contributed by atoms with Gasteiger partial charge in [0.2, 0.25) is 0 Å². The van der Waals surface area contributed by atoms with Crippen molar-refractivity contribution in [3.63, 3.8) is 0 Å². The van der Waals surface area contributed by atoms with Crippen molar-refractivity contribution in [1.29, 1.82) is 0 Å². The third kappa shape index (κ3) is 3.24. The Labute approximate surface area is 102 Å². The van der Waals surface area contributed by atoms with Gasteiger partial charge in [-0.15, -0.1) is 11.6 Å². The van der Waals surface area contributed by atoms with E-state index in [0.29, 0.717) is 6.42 Å². The maximum Gasteiger partial charge on any atom is 0.326 e. The molecule has 0 aliphatic heterocycles. The quantitative estimate of drug-likeness (QED) is 0.596. The Morgan fingerprint density at radius 2 is 2.00 bits per heavy atom. The molecule has 0 N–H and O–H groups in total. The van der Waals surface area contributed by atoms with E-state index in [9.17, 15) is 4.79 Å². The van der Waals surface area contributed by atoms with Gasteiger partial charge in [-0.1, -0.05) is 37.3 Å². The van der Waals surface area contributed by atoms with Crippen LogP contribution in [0.25, 0.3) is 0 Å². The number of benzene rings is 1. The normalized spacial score (nSPS) is 16.2. The lowest BCUT2D eigenvalue weighted by molar-refractivity contribution is -0.143. The van der Waals surface area contributed by atoms with Gasteiger partial charge in [0.15, 0.2) is 0 Å². The van der Waals surface area contributed by atoms with Crippen molar-refractivity contribution < 1.29 is 9.53 Å². The van der Waals surface area contributed by atoms with Crippen LogP contribution in [0, 0.1) is 0 Å². The number of methoxy groups -OCH3 is 1. The molecule has 0 radical (unpaired) electrons. The van der Waals surface area contributed by atoms with Gasteiger partial charge in [-0.2, -0.15) is 0 Å². The average Bonchev–Trinajstić information content (AvgIpc) is 2.28. The van der Waals surface area contributed by atoms with Gasteiger partial charge in [-0.3, -0.25) is 4.79 Å². The molecular weight excluding hydrogens is 224 g/mol. The Kier molecular flexibility index (Phi) is 4.36. The maximum atomic E-state index is 11.4. The van der Waals surface area contributed by atoms with Gasteiger partial charge >= 0.3 is 5.97 Å². The third-order valence-corrected chi connectivity index (χ3v) is 2.98. The lowest BCUT2D eigenvalue weighted by atomic mass is 9.91. The van der Waals surface area contributed by atoms with Gasteiger partial charge in [0.1, 0.15) is 4.87 Å². The van der Waals surface area contributed by atoms with Gasteiger partial charge in [-0.05, 0) is 24.8 Å². The summed E-state index contributed by atoms with van der Waals surface area (Å²) in [6, 6.07) is 10.0. The number of alkyl halides is 1. The highest BCUT2D eigenvalue weighted by molar-refractivity contribution is 6.33. The zero-order valence-electron chi connectivity index (χ0n) is 9.87. The summed E-state index contributed by atoms with van der Waals surface area (Å²) in [7, 11) is 1.36. The van der Waals surface area contributed by atoms with Crippen LogP contribution >= 0.6 is 11.6 Å². The molecule has 0 heterocycles. The minimum absolute atomic E-state index is 0.225. The van der Waals surface area contributed by atoms with Crippen LogP contribution in [-0.2, 0) is 9.53 Å². The van der Waals surface area contributed by atoms with Crippen molar-refractivity contribution in [1.82, 2.24) is 0 Å². The second kappa shape index (κ2) is 5.35. The number of carbonyl (C=O) groups excluding carboxylic acids is 1. The molecule has 0 saturated heterocycles. The molecule has 0 aliphatic carbocycles. The van der Waals surface area contributed by atoms with Crippen LogP contribution in [0.1, 0.15) is 31.7 Å². The van der Waals surface area contributed by atoms with Crippen LogP contribution < -0.4 is 0 Å². The van der Waals surface area contributed by atoms with E-state index in [1.165, 1.54) is 12.7 Å². The molecule has 0 aromatic heterocycles. The lowest BCUT2D eigenvalue weighted by Crippen LogP contribution is -2.31. The van der Waals surface area contributed by atoms with Crippen LogP contribution in [0.15, 0.2) is 30.3 Å². The molecular formula is C13H17ClO2. The number of carbonyl (C=O) groups is 1. The smallest absolute Gasteiger partial charge is 0.326 e. The van der Waals surface area contributed by atoms with Crippen LogP contribution in [0.2, 0.25) is 0 Å². The molecule has 3 heteroatoms. The molecule has 0 saturated carbocycles. The van der Waals surface area contributed by atoms with Gasteiger partial charge < -0.3 is 4.74 Å². The van der Waals surface area contributed by atoms with Crippen molar-refractivity contribution in [3.05, 3.63) is 35.9 Å². The summed E-state index contributed by atoms with van der Waals surface area (Å²) in [5, 5.41) is 0. The number of hydrogen-bond acceptors (Lipinski definition) is 2. The molecule has 0 amide bonds. The summed E-state index contributed by atoms with van der Waals surface area (Å²) in [5.74, 6) is -0.153. The third-order valence-electron chi connectivity index (χ3n) is 2.67. The molecule has 88 valence electrons. The summed E-state index contributed by atoms with van der Waals surface area (Å²) in [5.41, 5.74) is 1.18. The Hall–Kier alpha value is -1.02. The Balaban J connectivity index is 2.71. The second-order valence-electron chi connectivity index (χ2n) is 4.20. The molecule has 1 aromatic rings. The number of rotatable bonds is 4. The Morgan fingerprint density at radius 1 is 1.44 bits per heavy atom. The van der Waals surface area contributed by atoms with E-state index in [1.54, 1.807) is 6.92 Å². The molecule has 0 aliphatic rings. The van der Waals surface area contributed by atoms with Gasteiger partial charge in [0.05, 0.1) is 7.11 Å². The van der Waals surface area contributed by atoms with E-state index >= 15 is 0 Å². The zero-order valence-corrected chi connectivity index (χ0v) is 10.6. The monoisotopic (exact) mass is 240 g/mol. The standard InChI is InChI=1S/C13H17ClO2/c1-10(11-7-5-4-6-8-11)9-13(2,14)12(15)16-3/h4-8,10H,9H2,1-3H3. The SMILES string of the molecule is COC(=O)C(C)(Cl)CC(C)c1ccccc1. The van der Waals surface area contributed by atoms with E-state index in [4.69, 9.17) is 11.6 Å². The van der Waals surface area contributed by atoms with E-state index in [1.807, 2.05) is 30.3 Å². The van der Waals surface area contributed by atoms with Gasteiger partial charge in [-0.25, -0.2) is 0 Å². The van der Waals surface area contributed by atoms with Crippen molar-refractivity contribution >= 4 is 17.6 Å². The first-order chi connectivity index (χ1) is 7.47. The fourth-order valence-corrected chi connectivity index (χ4v) is 2.08. The topological polar surface area (TPSA) is 26.3 Å². The maximum absolute atomic E-state index is 11.4. The van der Waals surface area contributed by atoms with E-state index in [2.05, 4.69) is 11.7 Å². The van der Waals surface area contributed by atoms with Crippen molar-refractivity contribution in [3.8, 4) is 0 Å². The molecule has 0 spiro atoms. The molecule has 1 aromatic carbocycles. The van der Waals surface area contributed by atoms with E-state index in [0.717, 1.165) is 0 Å². The highest BCUT2D eigenvalue weighted by Gasteiger charge is 2.33. The highest BCUT2D eigenvalue weighted by Crippen LogP contribution is 2.30. The molecule has 2 unspecified atom stereocenters. The fourth-order valence-electron chi connectivity index (χ4n) is 1.77. The summed E-state index contributed by atoms with van der Waals surface area (Å²) in [6.45, 7) is 3.75. The van der Waals surface area contributed by atoms with Crippen molar-refractivity contribution in [2.45, 2.75) is 31.1 Å². The first-order valence-electron chi connectivity index (χ1n) is 5.29. The van der Waals surface area contributed by atoms with Crippen LogP contribution in [0.3, 0.4) is 0 Å².